The molecule has 1 saturated carbocycles. The van der Waals surface area contributed by atoms with Gasteiger partial charge in [0.25, 0.3) is 0 Å². The van der Waals surface area contributed by atoms with E-state index in [1.807, 2.05) is 0 Å². The Morgan fingerprint density at radius 3 is 2.37 bits per heavy atom. The molecule has 0 bridgehead atoms. The minimum atomic E-state index is -1.36. The van der Waals surface area contributed by atoms with Gasteiger partial charge in [-0.05, 0) is 25.0 Å². The van der Waals surface area contributed by atoms with Crippen LogP contribution in [-0.4, -0.2) is 23.2 Å². The van der Waals surface area contributed by atoms with Gasteiger partial charge in [-0.15, -0.1) is 0 Å². The van der Waals surface area contributed by atoms with Crippen LogP contribution in [-0.2, 0) is 0 Å². The maximum atomic E-state index is 13.7. The third-order valence-electron chi connectivity index (χ3n) is 3.44. The van der Waals surface area contributed by atoms with E-state index in [0.717, 1.165) is 37.8 Å². The second-order valence-corrected chi connectivity index (χ2v) is 4.82. The molecule has 1 aromatic carbocycles. The molecule has 1 aromatic rings. The highest BCUT2D eigenvalue weighted by Gasteiger charge is 2.24. The van der Waals surface area contributed by atoms with Crippen LogP contribution < -0.4 is 11.1 Å². The number of carbonyl (C=O) groups is 1. The summed E-state index contributed by atoms with van der Waals surface area (Å²) in [6, 6.07) is 1.28. The largest absolute Gasteiger partial charge is 0.478 e. The normalized spacial score (nSPS) is 23.1. The van der Waals surface area contributed by atoms with Crippen molar-refractivity contribution in [3.63, 3.8) is 0 Å². The monoisotopic (exact) mass is 270 g/mol. The van der Waals surface area contributed by atoms with Crippen LogP contribution in [0.3, 0.4) is 0 Å². The molecule has 6 heteroatoms. The molecule has 1 fully saturated rings. The minimum Gasteiger partial charge on any atom is -0.478 e. The number of hydrogen-bond donors (Lipinski definition) is 3. The average molecular weight is 270 g/mol. The highest BCUT2D eigenvalue weighted by atomic mass is 19.1. The molecule has 0 saturated heterocycles. The van der Waals surface area contributed by atoms with Gasteiger partial charge in [0.05, 0.1) is 5.56 Å². The Labute approximate surface area is 109 Å². The Kier molecular flexibility index (Phi) is 3.99. The van der Waals surface area contributed by atoms with Crippen LogP contribution in [0.4, 0.5) is 14.5 Å². The first-order chi connectivity index (χ1) is 8.99. The molecule has 1 aliphatic carbocycles. The average Bonchev–Trinajstić information content (AvgIpc) is 2.35. The van der Waals surface area contributed by atoms with E-state index in [-0.39, 0.29) is 17.8 Å². The zero-order valence-corrected chi connectivity index (χ0v) is 10.3. The number of anilines is 1. The number of nitrogens with two attached hydrogens (primary N) is 1. The van der Waals surface area contributed by atoms with Crippen molar-refractivity contribution in [1.29, 1.82) is 0 Å². The summed E-state index contributed by atoms with van der Waals surface area (Å²) < 4.78 is 27.5. The maximum Gasteiger partial charge on any atom is 0.335 e. The van der Waals surface area contributed by atoms with E-state index in [0.29, 0.717) is 0 Å². The Morgan fingerprint density at radius 2 is 1.84 bits per heavy atom. The second-order valence-electron chi connectivity index (χ2n) is 4.82. The van der Waals surface area contributed by atoms with Crippen LogP contribution in [0.1, 0.15) is 36.0 Å². The quantitative estimate of drug-likeness (QED) is 0.788. The first-order valence-electron chi connectivity index (χ1n) is 6.23. The fourth-order valence-corrected chi connectivity index (χ4v) is 2.36. The smallest absolute Gasteiger partial charge is 0.335 e. The zero-order chi connectivity index (χ0) is 14.0. The summed E-state index contributed by atoms with van der Waals surface area (Å²) in [5, 5.41) is 11.5. The highest BCUT2D eigenvalue weighted by molar-refractivity contribution is 5.88. The van der Waals surface area contributed by atoms with Gasteiger partial charge < -0.3 is 16.2 Å². The molecule has 19 heavy (non-hydrogen) atoms. The van der Waals surface area contributed by atoms with Crippen LogP contribution in [0.25, 0.3) is 0 Å². The standard InChI is InChI=1S/C13H16F2N2O2/c14-8-5-7(13(18)19)6-9(15)12(8)17-11-4-2-1-3-10(11)16/h5-6,10-11,17H,1-4,16H2,(H,18,19). The van der Waals surface area contributed by atoms with Gasteiger partial charge in [0, 0.05) is 12.1 Å². The third kappa shape index (κ3) is 3.01. The zero-order valence-electron chi connectivity index (χ0n) is 10.3. The summed E-state index contributed by atoms with van der Waals surface area (Å²) in [5.74, 6) is -3.18. The Balaban J connectivity index is 2.22. The van der Waals surface area contributed by atoms with Gasteiger partial charge in [-0.2, -0.15) is 0 Å². The van der Waals surface area contributed by atoms with E-state index in [1.54, 1.807) is 0 Å². The van der Waals surface area contributed by atoms with Crippen molar-refractivity contribution in [1.82, 2.24) is 0 Å². The summed E-state index contributed by atoms with van der Waals surface area (Å²) in [5.41, 5.74) is 5.20. The van der Waals surface area contributed by atoms with Gasteiger partial charge in [-0.3, -0.25) is 0 Å². The lowest BCUT2D eigenvalue weighted by Gasteiger charge is -2.30. The number of halogens is 2. The number of benzene rings is 1. The molecule has 0 aromatic heterocycles. The van der Waals surface area contributed by atoms with Gasteiger partial charge in [-0.25, -0.2) is 13.6 Å². The van der Waals surface area contributed by atoms with Crippen molar-refractivity contribution in [3.8, 4) is 0 Å². The van der Waals surface area contributed by atoms with Crippen molar-refractivity contribution in [2.24, 2.45) is 5.73 Å². The lowest BCUT2D eigenvalue weighted by molar-refractivity contribution is 0.0696. The number of aromatic carboxylic acids is 1. The van der Waals surface area contributed by atoms with E-state index in [4.69, 9.17) is 10.8 Å². The topological polar surface area (TPSA) is 75.3 Å². The van der Waals surface area contributed by atoms with Crippen molar-refractivity contribution in [2.75, 3.05) is 5.32 Å². The molecule has 0 heterocycles. The lowest BCUT2D eigenvalue weighted by Crippen LogP contribution is -2.43. The van der Waals surface area contributed by atoms with Crippen LogP contribution in [0.5, 0.6) is 0 Å². The molecule has 104 valence electrons. The van der Waals surface area contributed by atoms with E-state index >= 15 is 0 Å². The fourth-order valence-electron chi connectivity index (χ4n) is 2.36. The van der Waals surface area contributed by atoms with Gasteiger partial charge in [0.15, 0.2) is 0 Å². The molecule has 1 aliphatic rings. The molecule has 0 aliphatic heterocycles. The molecular formula is C13H16F2N2O2. The Bertz CT molecular complexity index is 471. The van der Waals surface area contributed by atoms with Crippen LogP contribution in [0.15, 0.2) is 12.1 Å². The van der Waals surface area contributed by atoms with E-state index in [1.165, 1.54) is 0 Å². The van der Waals surface area contributed by atoms with Crippen molar-refractivity contribution >= 4 is 11.7 Å². The SMILES string of the molecule is NC1CCCCC1Nc1c(F)cc(C(=O)O)cc1F. The molecule has 2 unspecified atom stereocenters. The van der Waals surface area contributed by atoms with Gasteiger partial charge in [-0.1, -0.05) is 12.8 Å². The number of hydrogen-bond acceptors (Lipinski definition) is 3. The molecule has 2 atom stereocenters. The fraction of sp³-hybridized carbons (Fsp3) is 0.462. The highest BCUT2D eigenvalue weighted by Crippen LogP contribution is 2.26. The van der Waals surface area contributed by atoms with Gasteiger partial charge in [0.1, 0.15) is 17.3 Å². The van der Waals surface area contributed by atoms with Gasteiger partial charge in [0.2, 0.25) is 0 Å². The molecule has 4 N–H and O–H groups in total. The first-order valence-corrected chi connectivity index (χ1v) is 6.23. The lowest BCUT2D eigenvalue weighted by atomic mass is 9.91. The van der Waals surface area contributed by atoms with E-state index in [9.17, 15) is 13.6 Å². The third-order valence-corrected chi connectivity index (χ3v) is 3.44. The number of carboxylic acid groups (broad SMARTS) is 1. The Morgan fingerprint density at radius 1 is 1.26 bits per heavy atom. The summed E-state index contributed by atoms with van der Waals surface area (Å²) in [7, 11) is 0. The summed E-state index contributed by atoms with van der Waals surface area (Å²) in [6.45, 7) is 0. The number of carboxylic acids is 1. The summed E-state index contributed by atoms with van der Waals surface area (Å²) in [6.07, 6.45) is 3.54. The predicted molar refractivity (Wildman–Crippen MR) is 67.2 cm³/mol. The molecule has 4 nitrogen and oxygen atoms in total. The number of rotatable bonds is 3. The maximum absolute atomic E-state index is 13.7. The molecule has 0 radical (unpaired) electrons. The van der Waals surface area contributed by atoms with Crippen molar-refractivity contribution in [3.05, 3.63) is 29.3 Å². The number of nitrogens with one attached hydrogen (secondary N) is 1. The van der Waals surface area contributed by atoms with Crippen molar-refractivity contribution < 1.29 is 18.7 Å². The van der Waals surface area contributed by atoms with Gasteiger partial charge >= 0.3 is 5.97 Å². The summed E-state index contributed by atoms with van der Waals surface area (Å²) >= 11 is 0. The molecular weight excluding hydrogens is 254 g/mol. The molecule has 0 spiro atoms. The minimum absolute atomic E-state index is 0.147. The van der Waals surface area contributed by atoms with Crippen LogP contribution >= 0.6 is 0 Å². The summed E-state index contributed by atoms with van der Waals surface area (Å²) in [4.78, 5) is 10.7. The van der Waals surface area contributed by atoms with Crippen LogP contribution in [0, 0.1) is 11.6 Å². The second kappa shape index (κ2) is 5.52. The van der Waals surface area contributed by atoms with E-state index < -0.39 is 23.2 Å². The molecule has 0 amide bonds. The van der Waals surface area contributed by atoms with Crippen LogP contribution in [0.2, 0.25) is 0 Å². The predicted octanol–water partition coefficient (Wildman–Crippen LogP) is 2.34. The molecule has 2 rings (SSSR count). The van der Waals surface area contributed by atoms with E-state index in [2.05, 4.69) is 5.32 Å². The first kappa shape index (κ1) is 13.7. The van der Waals surface area contributed by atoms with Crippen molar-refractivity contribution in [2.45, 2.75) is 37.8 Å². The Hall–Kier alpha value is -1.69.